The van der Waals surface area contributed by atoms with Gasteiger partial charge in [0.05, 0.1) is 10.5 Å². The maximum atomic E-state index is 13.2. The number of amides is 1. The Bertz CT molecular complexity index is 816. The van der Waals surface area contributed by atoms with E-state index < -0.39 is 10.7 Å². The van der Waals surface area contributed by atoms with Gasteiger partial charge in [-0.1, -0.05) is 0 Å². The molecule has 1 aliphatic heterocycles. The van der Waals surface area contributed by atoms with Crippen LogP contribution in [0.25, 0.3) is 0 Å². The van der Waals surface area contributed by atoms with Crippen LogP contribution < -0.4 is 5.32 Å². The summed E-state index contributed by atoms with van der Waals surface area (Å²) in [5, 5.41) is 13.8. The molecule has 1 aromatic carbocycles. The van der Waals surface area contributed by atoms with Gasteiger partial charge < -0.3 is 10.2 Å². The minimum atomic E-state index is -0.507. The summed E-state index contributed by atoms with van der Waals surface area (Å²) >= 11 is 3.21. The highest BCUT2D eigenvalue weighted by molar-refractivity contribution is 9.10. The zero-order valence-corrected chi connectivity index (χ0v) is 14.6. The summed E-state index contributed by atoms with van der Waals surface area (Å²) in [6.07, 6.45) is 1.92. The van der Waals surface area contributed by atoms with Crippen LogP contribution in [0.3, 0.4) is 0 Å². The highest BCUT2D eigenvalue weighted by Crippen LogP contribution is 2.23. The van der Waals surface area contributed by atoms with Crippen LogP contribution in [0.2, 0.25) is 0 Å². The maximum Gasteiger partial charge on any atom is 0.287 e. The summed E-state index contributed by atoms with van der Waals surface area (Å²) in [6, 6.07) is 6.89. The molecule has 1 aromatic heterocycles. The third-order valence-electron chi connectivity index (χ3n) is 3.95. The monoisotopic (exact) mass is 408 g/mol. The molecule has 25 heavy (non-hydrogen) atoms. The van der Waals surface area contributed by atoms with E-state index >= 15 is 0 Å². The third kappa shape index (κ3) is 3.93. The van der Waals surface area contributed by atoms with Gasteiger partial charge in [0.25, 0.3) is 11.6 Å². The number of aromatic nitrogens is 1. The van der Waals surface area contributed by atoms with Crippen molar-refractivity contribution in [2.75, 3.05) is 18.4 Å². The Morgan fingerprint density at radius 3 is 2.84 bits per heavy atom. The Kier molecular flexibility index (Phi) is 4.93. The number of nitrogens with one attached hydrogen (secondary N) is 1. The second-order valence-electron chi connectivity index (χ2n) is 5.66. The largest absolute Gasteiger partial charge is 0.365 e. The van der Waals surface area contributed by atoms with E-state index in [1.54, 1.807) is 11.0 Å². The predicted molar refractivity (Wildman–Crippen MR) is 92.9 cm³/mol. The standard InChI is InChI=1S/C16H14BrFN4O3/c17-14-7-10(18)1-3-13(14)16(23)21-6-5-11(9-21)20-15-4-2-12(8-19-15)22(24)25/h1-4,7-8,11H,5-6,9H2,(H,19,20). The lowest BCUT2D eigenvalue weighted by atomic mass is 10.2. The summed E-state index contributed by atoms with van der Waals surface area (Å²) in [5.74, 6) is -0.0608. The summed E-state index contributed by atoms with van der Waals surface area (Å²) in [5.41, 5.74) is 0.338. The second kappa shape index (κ2) is 7.14. The molecule has 1 N–H and O–H groups in total. The van der Waals surface area contributed by atoms with E-state index in [1.807, 2.05) is 0 Å². The van der Waals surface area contributed by atoms with Crippen molar-refractivity contribution in [1.29, 1.82) is 0 Å². The zero-order chi connectivity index (χ0) is 18.0. The minimum Gasteiger partial charge on any atom is -0.365 e. The number of likely N-dealkylation sites (tertiary alicyclic amines) is 1. The van der Waals surface area contributed by atoms with Crippen LogP contribution >= 0.6 is 15.9 Å². The lowest BCUT2D eigenvalue weighted by Crippen LogP contribution is -2.32. The smallest absolute Gasteiger partial charge is 0.287 e. The Balaban J connectivity index is 1.63. The number of hydrogen-bond acceptors (Lipinski definition) is 5. The number of nitrogens with zero attached hydrogens (tertiary/aromatic N) is 3. The van der Waals surface area contributed by atoms with Gasteiger partial charge in [-0.25, -0.2) is 9.37 Å². The molecule has 1 atom stereocenters. The van der Waals surface area contributed by atoms with Gasteiger partial charge in [0.2, 0.25) is 0 Å². The molecule has 0 bridgehead atoms. The average molecular weight is 409 g/mol. The van der Waals surface area contributed by atoms with E-state index in [-0.39, 0.29) is 17.6 Å². The molecular weight excluding hydrogens is 395 g/mol. The Hall–Kier alpha value is -2.55. The van der Waals surface area contributed by atoms with Crippen molar-refractivity contribution in [3.63, 3.8) is 0 Å². The molecule has 0 radical (unpaired) electrons. The molecule has 1 saturated heterocycles. The first-order chi connectivity index (χ1) is 11.9. The fraction of sp³-hybridized carbons (Fsp3) is 0.250. The van der Waals surface area contributed by atoms with E-state index in [4.69, 9.17) is 0 Å². The van der Waals surface area contributed by atoms with Crippen molar-refractivity contribution in [3.05, 3.63) is 62.5 Å². The quantitative estimate of drug-likeness (QED) is 0.619. The average Bonchev–Trinajstić information content (AvgIpc) is 3.03. The molecule has 1 fully saturated rings. The van der Waals surface area contributed by atoms with Gasteiger partial charge in [-0.2, -0.15) is 0 Å². The van der Waals surface area contributed by atoms with Gasteiger partial charge in [0.15, 0.2) is 0 Å². The van der Waals surface area contributed by atoms with Crippen molar-refractivity contribution in [2.24, 2.45) is 0 Å². The molecule has 0 aliphatic carbocycles. The zero-order valence-electron chi connectivity index (χ0n) is 13.0. The number of benzene rings is 1. The molecule has 0 saturated carbocycles. The summed E-state index contributed by atoms with van der Waals surface area (Å²) in [7, 11) is 0. The lowest BCUT2D eigenvalue weighted by molar-refractivity contribution is -0.385. The summed E-state index contributed by atoms with van der Waals surface area (Å²) < 4.78 is 13.6. The summed E-state index contributed by atoms with van der Waals surface area (Å²) in [6.45, 7) is 1.04. The van der Waals surface area contributed by atoms with Gasteiger partial charge in [-0.15, -0.1) is 0 Å². The number of carbonyl (C=O) groups is 1. The highest BCUT2D eigenvalue weighted by Gasteiger charge is 2.28. The number of pyridine rings is 1. The Labute approximate surface area is 151 Å². The Morgan fingerprint density at radius 2 is 2.20 bits per heavy atom. The SMILES string of the molecule is O=C(c1ccc(F)cc1Br)N1CCC(Nc2ccc([N+](=O)[O-])cn2)C1. The summed E-state index contributed by atoms with van der Waals surface area (Å²) in [4.78, 5) is 28.4. The first kappa shape index (κ1) is 17.3. The van der Waals surface area contributed by atoms with Crippen LogP contribution in [0.1, 0.15) is 16.8 Å². The first-order valence-corrected chi connectivity index (χ1v) is 8.34. The van der Waals surface area contributed by atoms with Crippen LogP contribution in [0.4, 0.5) is 15.9 Å². The molecule has 7 nitrogen and oxygen atoms in total. The van der Waals surface area contributed by atoms with Gasteiger partial charge in [0.1, 0.15) is 17.8 Å². The molecule has 1 aliphatic rings. The van der Waals surface area contributed by atoms with Crippen molar-refractivity contribution < 1.29 is 14.1 Å². The normalized spacial score (nSPS) is 16.7. The van der Waals surface area contributed by atoms with Gasteiger partial charge >= 0.3 is 0 Å². The van der Waals surface area contributed by atoms with Crippen LogP contribution in [-0.2, 0) is 0 Å². The van der Waals surface area contributed by atoms with E-state index in [1.165, 1.54) is 30.5 Å². The number of anilines is 1. The topological polar surface area (TPSA) is 88.4 Å². The molecule has 3 rings (SSSR count). The van der Waals surface area contributed by atoms with Crippen molar-refractivity contribution in [3.8, 4) is 0 Å². The van der Waals surface area contributed by atoms with E-state index in [9.17, 15) is 19.3 Å². The van der Waals surface area contributed by atoms with Crippen molar-refractivity contribution >= 4 is 33.3 Å². The number of hydrogen-bond donors (Lipinski definition) is 1. The predicted octanol–water partition coefficient (Wildman–Crippen LogP) is 3.22. The fourth-order valence-corrected chi connectivity index (χ4v) is 3.20. The maximum absolute atomic E-state index is 13.2. The first-order valence-electron chi connectivity index (χ1n) is 7.55. The minimum absolute atomic E-state index is 0.00266. The van der Waals surface area contributed by atoms with Gasteiger partial charge in [0, 0.05) is 29.7 Å². The number of halogens is 2. The van der Waals surface area contributed by atoms with Gasteiger partial charge in [-0.05, 0) is 46.6 Å². The molecule has 0 spiro atoms. The number of carbonyl (C=O) groups excluding carboxylic acids is 1. The van der Waals surface area contributed by atoms with Crippen LogP contribution in [0.5, 0.6) is 0 Å². The lowest BCUT2D eigenvalue weighted by Gasteiger charge is -2.18. The van der Waals surface area contributed by atoms with E-state index in [0.29, 0.717) is 28.9 Å². The molecule has 130 valence electrons. The highest BCUT2D eigenvalue weighted by atomic mass is 79.9. The molecule has 1 amide bonds. The van der Waals surface area contributed by atoms with Crippen molar-refractivity contribution in [2.45, 2.75) is 12.5 Å². The molecule has 2 aromatic rings. The molecule has 1 unspecified atom stereocenters. The third-order valence-corrected chi connectivity index (χ3v) is 4.60. The molecule has 2 heterocycles. The van der Waals surface area contributed by atoms with Crippen LogP contribution in [0.15, 0.2) is 41.0 Å². The van der Waals surface area contributed by atoms with Crippen molar-refractivity contribution in [1.82, 2.24) is 9.88 Å². The molecular formula is C16H14BrFN4O3. The van der Waals surface area contributed by atoms with E-state index in [2.05, 4.69) is 26.2 Å². The number of rotatable bonds is 4. The van der Waals surface area contributed by atoms with Gasteiger partial charge in [-0.3, -0.25) is 14.9 Å². The number of nitro groups is 1. The van der Waals surface area contributed by atoms with Crippen LogP contribution in [0, 0.1) is 15.9 Å². The second-order valence-corrected chi connectivity index (χ2v) is 6.52. The fourth-order valence-electron chi connectivity index (χ4n) is 2.68. The van der Waals surface area contributed by atoms with E-state index in [0.717, 1.165) is 6.42 Å². The molecule has 9 heteroatoms. The Morgan fingerprint density at radius 1 is 1.40 bits per heavy atom. The van der Waals surface area contributed by atoms with Crippen LogP contribution in [-0.4, -0.2) is 39.8 Å².